The fourth-order valence-corrected chi connectivity index (χ4v) is 2.04. The van der Waals surface area contributed by atoms with Crippen LogP contribution in [0.25, 0.3) is 0 Å². The molecule has 1 amide bonds. The Morgan fingerprint density at radius 3 is 2.42 bits per heavy atom. The Morgan fingerprint density at radius 1 is 1.21 bits per heavy atom. The van der Waals surface area contributed by atoms with Gasteiger partial charge in [0.2, 0.25) is 0 Å². The van der Waals surface area contributed by atoms with E-state index in [9.17, 15) is 4.79 Å². The Hall–Kier alpha value is -1.68. The molecule has 0 atom stereocenters. The normalized spacial score (nSPS) is 10.3. The van der Waals surface area contributed by atoms with Gasteiger partial charge in [0.25, 0.3) is 5.91 Å². The van der Waals surface area contributed by atoms with E-state index in [4.69, 9.17) is 0 Å². The second kappa shape index (κ2) is 5.97. The number of halogens is 1. The Labute approximate surface area is 121 Å². The summed E-state index contributed by atoms with van der Waals surface area (Å²) < 4.78 is 0.863. The Bertz CT molecular complexity index is 564. The number of carbonyl (C=O) groups excluding carboxylic acids is 1. The van der Waals surface area contributed by atoms with Crippen LogP contribution < -0.4 is 4.90 Å². The average molecular weight is 319 g/mol. The summed E-state index contributed by atoms with van der Waals surface area (Å²) in [4.78, 5) is 18.3. The van der Waals surface area contributed by atoms with Crippen LogP contribution in [0.1, 0.15) is 23.0 Å². The number of aromatic nitrogens is 1. The number of aryl methyl sites for hydroxylation is 1. The molecular formula is C15H15BrN2O. The Kier molecular flexibility index (Phi) is 4.32. The van der Waals surface area contributed by atoms with Crippen molar-refractivity contribution in [1.29, 1.82) is 0 Å². The van der Waals surface area contributed by atoms with Crippen LogP contribution in [0.5, 0.6) is 0 Å². The lowest BCUT2D eigenvalue weighted by Gasteiger charge is -2.20. The molecule has 0 spiro atoms. The van der Waals surface area contributed by atoms with E-state index in [1.54, 1.807) is 17.2 Å². The van der Waals surface area contributed by atoms with Gasteiger partial charge in [0.05, 0.1) is 0 Å². The Balaban J connectivity index is 2.29. The molecule has 0 aliphatic heterocycles. The van der Waals surface area contributed by atoms with Crippen LogP contribution in [0.15, 0.2) is 47.1 Å². The third kappa shape index (κ3) is 3.20. The first kappa shape index (κ1) is 13.7. The SMILES string of the molecule is CCN(C(=O)c1ccc(Br)cn1)c1ccc(C)cc1. The van der Waals surface area contributed by atoms with Gasteiger partial charge in [0, 0.05) is 22.9 Å². The monoisotopic (exact) mass is 318 g/mol. The first-order valence-corrected chi connectivity index (χ1v) is 6.91. The third-order valence-electron chi connectivity index (χ3n) is 2.85. The predicted octanol–water partition coefficient (Wildman–Crippen LogP) is 3.82. The molecule has 0 radical (unpaired) electrons. The van der Waals surface area contributed by atoms with Gasteiger partial charge >= 0.3 is 0 Å². The predicted molar refractivity (Wildman–Crippen MR) is 80.5 cm³/mol. The highest BCUT2D eigenvalue weighted by Crippen LogP contribution is 2.18. The van der Waals surface area contributed by atoms with E-state index in [1.807, 2.05) is 44.2 Å². The molecule has 2 rings (SSSR count). The number of hydrogen-bond donors (Lipinski definition) is 0. The molecule has 1 aromatic carbocycles. The summed E-state index contributed by atoms with van der Waals surface area (Å²) in [7, 11) is 0. The van der Waals surface area contributed by atoms with E-state index in [2.05, 4.69) is 20.9 Å². The van der Waals surface area contributed by atoms with Crippen LogP contribution in [-0.4, -0.2) is 17.4 Å². The van der Waals surface area contributed by atoms with Crippen LogP contribution in [0.4, 0.5) is 5.69 Å². The zero-order valence-corrected chi connectivity index (χ0v) is 12.5. The van der Waals surface area contributed by atoms with Gasteiger partial charge < -0.3 is 4.90 Å². The number of benzene rings is 1. The molecule has 0 aliphatic carbocycles. The Morgan fingerprint density at radius 2 is 1.89 bits per heavy atom. The minimum atomic E-state index is -0.0844. The van der Waals surface area contributed by atoms with Crippen LogP contribution in [0.3, 0.4) is 0 Å². The lowest BCUT2D eigenvalue weighted by Crippen LogP contribution is -2.31. The molecular weight excluding hydrogens is 304 g/mol. The molecule has 98 valence electrons. The standard InChI is InChI=1S/C15H15BrN2O/c1-3-18(13-7-4-11(2)5-8-13)15(19)14-9-6-12(16)10-17-14/h4-10H,3H2,1-2H3. The molecule has 19 heavy (non-hydrogen) atoms. The largest absolute Gasteiger partial charge is 0.307 e. The van der Waals surface area contributed by atoms with Crippen LogP contribution in [-0.2, 0) is 0 Å². The zero-order valence-electron chi connectivity index (χ0n) is 10.9. The van der Waals surface area contributed by atoms with Crippen molar-refractivity contribution in [2.75, 3.05) is 11.4 Å². The minimum Gasteiger partial charge on any atom is -0.307 e. The quantitative estimate of drug-likeness (QED) is 0.862. The van der Waals surface area contributed by atoms with Crippen molar-refractivity contribution < 1.29 is 4.79 Å². The summed E-state index contributed by atoms with van der Waals surface area (Å²) >= 11 is 3.31. The summed E-state index contributed by atoms with van der Waals surface area (Å²) in [5, 5.41) is 0. The topological polar surface area (TPSA) is 33.2 Å². The van der Waals surface area contributed by atoms with Crippen molar-refractivity contribution >= 4 is 27.5 Å². The van der Waals surface area contributed by atoms with Crippen molar-refractivity contribution in [3.8, 4) is 0 Å². The molecule has 0 unspecified atom stereocenters. The number of hydrogen-bond acceptors (Lipinski definition) is 2. The number of pyridine rings is 1. The first-order chi connectivity index (χ1) is 9.11. The van der Waals surface area contributed by atoms with Crippen LogP contribution in [0, 0.1) is 6.92 Å². The summed E-state index contributed by atoms with van der Waals surface area (Å²) in [6, 6.07) is 11.5. The number of carbonyl (C=O) groups is 1. The second-order valence-corrected chi connectivity index (χ2v) is 5.16. The van der Waals surface area contributed by atoms with Gasteiger partial charge in [-0.25, -0.2) is 4.98 Å². The fourth-order valence-electron chi connectivity index (χ4n) is 1.81. The van der Waals surface area contributed by atoms with Gasteiger partial charge in [0.15, 0.2) is 0 Å². The summed E-state index contributed by atoms with van der Waals surface area (Å²) in [5.74, 6) is -0.0844. The molecule has 4 heteroatoms. The van der Waals surface area contributed by atoms with Crippen molar-refractivity contribution in [2.45, 2.75) is 13.8 Å². The lowest BCUT2D eigenvalue weighted by atomic mass is 10.2. The van der Waals surface area contributed by atoms with Gasteiger partial charge in [-0.3, -0.25) is 4.79 Å². The molecule has 0 N–H and O–H groups in total. The average Bonchev–Trinajstić information content (AvgIpc) is 2.42. The number of anilines is 1. The highest BCUT2D eigenvalue weighted by atomic mass is 79.9. The second-order valence-electron chi connectivity index (χ2n) is 4.25. The summed E-state index contributed by atoms with van der Waals surface area (Å²) in [6.07, 6.45) is 1.64. The van der Waals surface area contributed by atoms with Crippen molar-refractivity contribution in [1.82, 2.24) is 4.98 Å². The van der Waals surface area contributed by atoms with Gasteiger partial charge in [-0.1, -0.05) is 17.7 Å². The van der Waals surface area contributed by atoms with Crippen molar-refractivity contribution in [3.63, 3.8) is 0 Å². The smallest absolute Gasteiger partial charge is 0.276 e. The first-order valence-electron chi connectivity index (χ1n) is 6.12. The molecule has 0 aliphatic rings. The maximum atomic E-state index is 12.4. The number of nitrogens with zero attached hydrogens (tertiary/aromatic N) is 2. The van der Waals surface area contributed by atoms with Gasteiger partial charge in [-0.15, -0.1) is 0 Å². The van der Waals surface area contributed by atoms with E-state index in [0.717, 1.165) is 10.2 Å². The van der Waals surface area contributed by atoms with Crippen molar-refractivity contribution in [2.24, 2.45) is 0 Å². The van der Waals surface area contributed by atoms with Gasteiger partial charge in [0.1, 0.15) is 5.69 Å². The molecule has 0 saturated carbocycles. The van der Waals surface area contributed by atoms with Crippen LogP contribution >= 0.6 is 15.9 Å². The maximum absolute atomic E-state index is 12.4. The molecule has 0 fully saturated rings. The molecule has 0 saturated heterocycles. The molecule has 2 aromatic rings. The lowest BCUT2D eigenvalue weighted by molar-refractivity contribution is 0.0983. The molecule has 0 bridgehead atoms. The third-order valence-corrected chi connectivity index (χ3v) is 3.32. The van der Waals surface area contributed by atoms with Crippen LogP contribution in [0.2, 0.25) is 0 Å². The van der Waals surface area contributed by atoms with E-state index < -0.39 is 0 Å². The molecule has 1 aromatic heterocycles. The molecule has 1 heterocycles. The fraction of sp³-hybridized carbons (Fsp3) is 0.200. The van der Waals surface area contributed by atoms with Gasteiger partial charge in [-0.2, -0.15) is 0 Å². The van der Waals surface area contributed by atoms with Crippen molar-refractivity contribution in [3.05, 3.63) is 58.3 Å². The van der Waals surface area contributed by atoms with E-state index in [0.29, 0.717) is 12.2 Å². The van der Waals surface area contributed by atoms with E-state index in [-0.39, 0.29) is 5.91 Å². The zero-order chi connectivity index (χ0) is 13.8. The minimum absolute atomic E-state index is 0.0844. The number of rotatable bonds is 3. The van der Waals surface area contributed by atoms with E-state index in [1.165, 1.54) is 5.56 Å². The summed E-state index contributed by atoms with van der Waals surface area (Å²) in [6.45, 7) is 4.59. The van der Waals surface area contributed by atoms with E-state index >= 15 is 0 Å². The summed E-state index contributed by atoms with van der Waals surface area (Å²) in [5.41, 5.74) is 2.52. The maximum Gasteiger partial charge on any atom is 0.276 e. The molecule has 3 nitrogen and oxygen atoms in total. The highest BCUT2D eigenvalue weighted by Gasteiger charge is 2.16. The highest BCUT2D eigenvalue weighted by molar-refractivity contribution is 9.10. The number of amides is 1. The van der Waals surface area contributed by atoms with Gasteiger partial charge in [-0.05, 0) is 54.0 Å².